The fourth-order valence-electron chi connectivity index (χ4n) is 1.65. The van der Waals surface area contributed by atoms with Crippen LogP contribution in [-0.4, -0.2) is 21.0 Å². The first-order chi connectivity index (χ1) is 9.90. The Kier molecular flexibility index (Phi) is 4.25. The first-order valence-electron chi connectivity index (χ1n) is 5.49. The minimum Gasteiger partial charge on any atom is -0.478 e. The zero-order chi connectivity index (χ0) is 15.6. The molecule has 0 saturated heterocycles. The molecule has 0 spiro atoms. The molecular weight excluding hydrogens is 321 g/mol. The lowest BCUT2D eigenvalue weighted by atomic mass is 10.2. The average Bonchev–Trinajstić information content (AvgIpc) is 2.37. The summed E-state index contributed by atoms with van der Waals surface area (Å²) in [6, 6.07) is 5.25. The molecule has 0 aliphatic carbocycles. The van der Waals surface area contributed by atoms with Gasteiger partial charge in [0.15, 0.2) is 0 Å². The number of carboxylic acid groups (broad SMARTS) is 1. The molecule has 0 unspecified atom stereocenters. The number of hydrogen-bond acceptors (Lipinski definition) is 5. The number of nitrogens with zero attached hydrogens (tertiary/aromatic N) is 2. The van der Waals surface area contributed by atoms with E-state index in [0.29, 0.717) is 0 Å². The highest BCUT2D eigenvalue weighted by Gasteiger charge is 2.22. The first-order valence-corrected chi connectivity index (χ1v) is 6.24. The highest BCUT2D eigenvalue weighted by molar-refractivity contribution is 6.36. The molecule has 0 fully saturated rings. The lowest BCUT2D eigenvalue weighted by molar-refractivity contribution is -0.383. The summed E-state index contributed by atoms with van der Waals surface area (Å²) < 4.78 is 0. The molecule has 7 nitrogen and oxygen atoms in total. The maximum atomic E-state index is 11.1. The van der Waals surface area contributed by atoms with Crippen LogP contribution in [0.1, 0.15) is 10.4 Å². The number of rotatable bonds is 4. The summed E-state index contributed by atoms with van der Waals surface area (Å²) in [7, 11) is 0. The Labute approximate surface area is 128 Å². The van der Waals surface area contributed by atoms with Gasteiger partial charge in [0, 0.05) is 11.2 Å². The molecule has 2 N–H and O–H groups in total. The number of pyridine rings is 1. The third kappa shape index (κ3) is 3.21. The Morgan fingerprint density at radius 3 is 2.71 bits per heavy atom. The summed E-state index contributed by atoms with van der Waals surface area (Å²) in [5.74, 6) is -1.27. The van der Waals surface area contributed by atoms with Gasteiger partial charge in [0.1, 0.15) is 22.1 Å². The van der Waals surface area contributed by atoms with Crippen molar-refractivity contribution in [3.8, 4) is 0 Å². The highest BCUT2D eigenvalue weighted by atomic mass is 35.5. The van der Waals surface area contributed by atoms with E-state index in [1.807, 2.05) is 0 Å². The maximum absolute atomic E-state index is 11.1. The molecule has 2 rings (SSSR count). The van der Waals surface area contributed by atoms with Gasteiger partial charge >= 0.3 is 11.7 Å². The van der Waals surface area contributed by atoms with Crippen molar-refractivity contribution < 1.29 is 14.8 Å². The lowest BCUT2D eigenvalue weighted by Gasteiger charge is -2.10. The molecule has 1 heterocycles. The number of nitro benzene ring substituents is 1. The highest BCUT2D eigenvalue weighted by Crippen LogP contribution is 2.37. The van der Waals surface area contributed by atoms with Crippen molar-refractivity contribution in [2.75, 3.05) is 5.32 Å². The summed E-state index contributed by atoms with van der Waals surface area (Å²) in [6.07, 6.45) is 1.35. The van der Waals surface area contributed by atoms with Crippen LogP contribution >= 0.6 is 23.2 Å². The Bertz CT molecular complexity index is 736. The third-order valence-electron chi connectivity index (χ3n) is 2.50. The number of carboxylic acids is 1. The standard InChI is InChI=1S/C12H7Cl2N3O4/c13-6-4-8(14)10(17(20)21)9(5-6)16-11-7(12(18)19)2-1-3-15-11/h1-5H,(H,15,16)(H,18,19). The molecular formula is C12H7Cl2N3O4. The van der Waals surface area contributed by atoms with Gasteiger partial charge in [-0.2, -0.15) is 0 Å². The lowest BCUT2D eigenvalue weighted by Crippen LogP contribution is -2.06. The molecule has 0 aliphatic heterocycles. The largest absolute Gasteiger partial charge is 0.478 e. The number of anilines is 2. The summed E-state index contributed by atoms with van der Waals surface area (Å²) in [5.41, 5.74) is -0.593. The summed E-state index contributed by atoms with van der Waals surface area (Å²) in [6.45, 7) is 0. The molecule has 1 aromatic heterocycles. The smallest absolute Gasteiger partial charge is 0.339 e. The van der Waals surface area contributed by atoms with Gasteiger partial charge in [-0.05, 0) is 24.3 Å². The van der Waals surface area contributed by atoms with Crippen molar-refractivity contribution in [1.82, 2.24) is 4.98 Å². The topological polar surface area (TPSA) is 105 Å². The zero-order valence-corrected chi connectivity index (χ0v) is 11.7. The van der Waals surface area contributed by atoms with Crippen LogP contribution in [0.4, 0.5) is 17.2 Å². The van der Waals surface area contributed by atoms with Gasteiger partial charge in [0.2, 0.25) is 0 Å². The Balaban J connectivity index is 2.54. The molecule has 21 heavy (non-hydrogen) atoms. The van der Waals surface area contributed by atoms with Crippen molar-refractivity contribution >= 4 is 46.4 Å². The number of nitrogens with one attached hydrogen (secondary N) is 1. The summed E-state index contributed by atoms with van der Waals surface area (Å²) >= 11 is 11.6. The Morgan fingerprint density at radius 1 is 1.38 bits per heavy atom. The van der Waals surface area contributed by atoms with E-state index >= 15 is 0 Å². The number of benzene rings is 1. The van der Waals surface area contributed by atoms with Gasteiger partial charge < -0.3 is 10.4 Å². The van der Waals surface area contributed by atoms with Gasteiger partial charge in [-0.1, -0.05) is 23.2 Å². The number of carbonyl (C=O) groups is 1. The van der Waals surface area contributed by atoms with Crippen LogP contribution in [-0.2, 0) is 0 Å². The minimum atomic E-state index is -1.22. The molecule has 1 aromatic carbocycles. The fourth-order valence-corrected chi connectivity index (χ4v) is 2.21. The molecule has 2 aromatic rings. The Hall–Kier alpha value is -2.38. The minimum absolute atomic E-state index is 0.0429. The van der Waals surface area contributed by atoms with E-state index in [0.717, 1.165) is 0 Å². The number of aromatic carboxylic acids is 1. The number of nitro groups is 1. The van der Waals surface area contributed by atoms with Gasteiger partial charge in [0.05, 0.1) is 4.92 Å². The third-order valence-corrected chi connectivity index (χ3v) is 3.01. The van der Waals surface area contributed by atoms with Crippen LogP contribution in [0.2, 0.25) is 10.0 Å². The van der Waals surface area contributed by atoms with Crippen molar-refractivity contribution in [2.45, 2.75) is 0 Å². The Morgan fingerprint density at radius 2 is 2.10 bits per heavy atom. The van der Waals surface area contributed by atoms with Gasteiger partial charge in [0.25, 0.3) is 0 Å². The molecule has 0 saturated carbocycles. The van der Waals surface area contributed by atoms with E-state index < -0.39 is 16.6 Å². The zero-order valence-electron chi connectivity index (χ0n) is 10.2. The first kappa shape index (κ1) is 15.0. The predicted molar refractivity (Wildman–Crippen MR) is 77.6 cm³/mol. The average molecular weight is 328 g/mol. The monoisotopic (exact) mass is 327 g/mol. The van der Waals surface area contributed by atoms with E-state index in [1.165, 1.54) is 30.5 Å². The second-order valence-electron chi connectivity index (χ2n) is 3.87. The van der Waals surface area contributed by atoms with Crippen LogP contribution in [0.3, 0.4) is 0 Å². The predicted octanol–water partition coefficient (Wildman–Crippen LogP) is 3.74. The SMILES string of the molecule is O=C(O)c1cccnc1Nc1cc(Cl)cc(Cl)c1[N+](=O)[O-]. The van der Waals surface area contributed by atoms with Gasteiger partial charge in [-0.3, -0.25) is 10.1 Å². The van der Waals surface area contributed by atoms with E-state index in [1.54, 1.807) is 0 Å². The summed E-state index contributed by atoms with van der Waals surface area (Å²) in [4.78, 5) is 25.3. The van der Waals surface area contributed by atoms with Crippen LogP contribution in [0.5, 0.6) is 0 Å². The molecule has 108 valence electrons. The fraction of sp³-hybridized carbons (Fsp3) is 0. The molecule has 0 aliphatic rings. The molecule has 0 radical (unpaired) electrons. The van der Waals surface area contributed by atoms with Crippen LogP contribution < -0.4 is 5.32 Å². The molecule has 0 atom stereocenters. The van der Waals surface area contributed by atoms with Gasteiger partial charge in [-0.15, -0.1) is 0 Å². The summed E-state index contributed by atoms with van der Waals surface area (Å²) in [5, 5.41) is 22.7. The second kappa shape index (κ2) is 5.94. The van der Waals surface area contributed by atoms with Crippen LogP contribution in [0.15, 0.2) is 30.5 Å². The quantitative estimate of drug-likeness (QED) is 0.654. The van der Waals surface area contributed by atoms with Crippen molar-refractivity contribution in [3.05, 3.63) is 56.2 Å². The molecule has 0 amide bonds. The van der Waals surface area contributed by atoms with E-state index in [2.05, 4.69) is 10.3 Å². The van der Waals surface area contributed by atoms with Crippen LogP contribution in [0, 0.1) is 10.1 Å². The van der Waals surface area contributed by atoms with Crippen molar-refractivity contribution in [1.29, 1.82) is 0 Å². The normalized spacial score (nSPS) is 10.2. The van der Waals surface area contributed by atoms with E-state index in [9.17, 15) is 14.9 Å². The number of halogens is 2. The molecule has 0 bridgehead atoms. The van der Waals surface area contributed by atoms with Gasteiger partial charge in [-0.25, -0.2) is 9.78 Å². The van der Waals surface area contributed by atoms with E-state index in [-0.39, 0.29) is 27.1 Å². The van der Waals surface area contributed by atoms with Crippen LogP contribution in [0.25, 0.3) is 0 Å². The number of hydrogen-bond donors (Lipinski definition) is 2. The maximum Gasteiger partial charge on any atom is 0.339 e. The number of aromatic nitrogens is 1. The van der Waals surface area contributed by atoms with Crippen molar-refractivity contribution in [2.24, 2.45) is 0 Å². The second-order valence-corrected chi connectivity index (χ2v) is 4.71. The molecule has 9 heteroatoms. The van der Waals surface area contributed by atoms with E-state index in [4.69, 9.17) is 28.3 Å². The van der Waals surface area contributed by atoms with Crippen molar-refractivity contribution in [3.63, 3.8) is 0 Å².